The summed E-state index contributed by atoms with van der Waals surface area (Å²) in [6.07, 6.45) is 3.51. The van der Waals surface area contributed by atoms with Gasteiger partial charge in [-0.05, 0) is 37.8 Å². The van der Waals surface area contributed by atoms with Crippen LogP contribution < -0.4 is 10.6 Å². The summed E-state index contributed by atoms with van der Waals surface area (Å²) in [6.45, 7) is 2.93. The quantitative estimate of drug-likeness (QED) is 0.850. The SMILES string of the molecule is Cc1cc(N2CCCCc3ccccc32)nc(N)n1. The van der Waals surface area contributed by atoms with E-state index >= 15 is 0 Å². The number of para-hydroxylation sites is 1. The summed E-state index contributed by atoms with van der Waals surface area (Å²) < 4.78 is 0. The number of nitrogens with two attached hydrogens (primary N) is 1. The maximum Gasteiger partial charge on any atom is 0.222 e. The van der Waals surface area contributed by atoms with E-state index in [2.05, 4.69) is 39.1 Å². The summed E-state index contributed by atoms with van der Waals surface area (Å²) in [5.41, 5.74) is 9.31. The van der Waals surface area contributed by atoms with Crippen molar-refractivity contribution < 1.29 is 0 Å². The van der Waals surface area contributed by atoms with Crippen LogP contribution in [-0.4, -0.2) is 16.5 Å². The van der Waals surface area contributed by atoms with E-state index in [-0.39, 0.29) is 0 Å². The van der Waals surface area contributed by atoms with Crippen LogP contribution in [0.25, 0.3) is 0 Å². The predicted octanol–water partition coefficient (Wildman–Crippen LogP) is 2.84. The molecule has 0 spiro atoms. The van der Waals surface area contributed by atoms with E-state index in [0.29, 0.717) is 5.95 Å². The largest absolute Gasteiger partial charge is 0.368 e. The monoisotopic (exact) mass is 254 g/mol. The molecule has 0 bridgehead atoms. The zero-order valence-corrected chi connectivity index (χ0v) is 11.1. The van der Waals surface area contributed by atoms with Crippen LogP contribution in [0.15, 0.2) is 30.3 Å². The molecule has 2 aromatic rings. The van der Waals surface area contributed by atoms with Gasteiger partial charge in [0.2, 0.25) is 5.95 Å². The van der Waals surface area contributed by atoms with Gasteiger partial charge < -0.3 is 10.6 Å². The number of benzene rings is 1. The van der Waals surface area contributed by atoms with Crippen LogP contribution in [0.4, 0.5) is 17.5 Å². The Labute approximate surface area is 113 Å². The molecule has 0 radical (unpaired) electrons. The zero-order valence-electron chi connectivity index (χ0n) is 11.1. The minimum absolute atomic E-state index is 0.344. The van der Waals surface area contributed by atoms with Gasteiger partial charge in [0.15, 0.2) is 0 Å². The van der Waals surface area contributed by atoms with Gasteiger partial charge in [-0.2, -0.15) is 4.98 Å². The van der Waals surface area contributed by atoms with Crippen LogP contribution >= 0.6 is 0 Å². The molecule has 1 aromatic carbocycles. The molecule has 0 unspecified atom stereocenters. The lowest BCUT2D eigenvalue weighted by Gasteiger charge is -2.24. The standard InChI is InChI=1S/C15H18N4/c1-11-10-14(18-15(16)17-11)19-9-5-4-7-12-6-2-3-8-13(12)19/h2-3,6,8,10H,4-5,7,9H2,1H3,(H2,16,17,18). The van der Waals surface area contributed by atoms with Gasteiger partial charge in [0.05, 0.1) is 0 Å². The molecule has 4 nitrogen and oxygen atoms in total. The topological polar surface area (TPSA) is 55.0 Å². The summed E-state index contributed by atoms with van der Waals surface area (Å²) in [6, 6.07) is 10.5. The average molecular weight is 254 g/mol. The highest BCUT2D eigenvalue weighted by Gasteiger charge is 2.17. The Balaban J connectivity index is 2.09. The average Bonchev–Trinajstić information content (AvgIpc) is 2.59. The number of fused-ring (bicyclic) bond motifs is 1. The Hall–Kier alpha value is -2.10. The van der Waals surface area contributed by atoms with Gasteiger partial charge in [-0.15, -0.1) is 0 Å². The molecule has 0 aliphatic carbocycles. The minimum Gasteiger partial charge on any atom is -0.368 e. The second-order valence-electron chi connectivity index (χ2n) is 4.96. The van der Waals surface area contributed by atoms with Gasteiger partial charge in [-0.1, -0.05) is 18.2 Å². The Morgan fingerprint density at radius 3 is 2.84 bits per heavy atom. The molecule has 1 aliphatic heterocycles. The summed E-state index contributed by atoms with van der Waals surface area (Å²) >= 11 is 0. The number of nitrogen functional groups attached to an aromatic ring is 1. The molecule has 1 aromatic heterocycles. The molecule has 0 saturated heterocycles. The highest BCUT2D eigenvalue weighted by Crippen LogP contribution is 2.31. The van der Waals surface area contributed by atoms with Crippen molar-refractivity contribution >= 4 is 17.5 Å². The number of nitrogens with zero attached hydrogens (tertiary/aromatic N) is 3. The van der Waals surface area contributed by atoms with Crippen LogP contribution in [0.3, 0.4) is 0 Å². The first-order valence-electron chi connectivity index (χ1n) is 6.70. The number of anilines is 3. The molecule has 4 heteroatoms. The van der Waals surface area contributed by atoms with Crippen LogP contribution in [0.1, 0.15) is 24.1 Å². The van der Waals surface area contributed by atoms with Gasteiger partial charge in [-0.25, -0.2) is 4.98 Å². The molecule has 0 fully saturated rings. The van der Waals surface area contributed by atoms with Crippen molar-refractivity contribution in [2.75, 3.05) is 17.2 Å². The van der Waals surface area contributed by atoms with Crippen molar-refractivity contribution in [3.63, 3.8) is 0 Å². The van der Waals surface area contributed by atoms with Crippen molar-refractivity contribution in [2.24, 2.45) is 0 Å². The Morgan fingerprint density at radius 1 is 1.16 bits per heavy atom. The highest BCUT2D eigenvalue weighted by atomic mass is 15.2. The molecule has 19 heavy (non-hydrogen) atoms. The lowest BCUT2D eigenvalue weighted by molar-refractivity contribution is 0.757. The van der Waals surface area contributed by atoms with E-state index in [4.69, 9.17) is 5.73 Å². The van der Waals surface area contributed by atoms with Crippen LogP contribution in [0, 0.1) is 6.92 Å². The maximum atomic E-state index is 5.78. The summed E-state index contributed by atoms with van der Waals surface area (Å²) in [5.74, 6) is 1.25. The first kappa shape index (κ1) is 12.0. The fourth-order valence-electron chi connectivity index (χ4n) is 2.64. The first-order valence-corrected chi connectivity index (χ1v) is 6.70. The molecular formula is C15H18N4. The first-order chi connectivity index (χ1) is 9.24. The fraction of sp³-hybridized carbons (Fsp3) is 0.333. The van der Waals surface area contributed by atoms with Crippen molar-refractivity contribution in [1.82, 2.24) is 9.97 Å². The van der Waals surface area contributed by atoms with Gasteiger partial charge in [0.1, 0.15) is 5.82 Å². The summed E-state index contributed by atoms with van der Waals surface area (Å²) in [5, 5.41) is 0. The molecule has 3 rings (SSSR count). The van der Waals surface area contributed by atoms with Crippen molar-refractivity contribution in [3.05, 3.63) is 41.6 Å². The minimum atomic E-state index is 0.344. The molecule has 2 heterocycles. The molecule has 1 aliphatic rings. The number of aromatic nitrogens is 2. The number of hydrogen-bond acceptors (Lipinski definition) is 4. The molecule has 0 atom stereocenters. The molecule has 98 valence electrons. The third-order valence-electron chi connectivity index (χ3n) is 3.49. The normalized spacial score (nSPS) is 14.9. The van der Waals surface area contributed by atoms with E-state index in [9.17, 15) is 0 Å². The zero-order chi connectivity index (χ0) is 13.2. The number of aryl methyl sites for hydroxylation is 2. The smallest absolute Gasteiger partial charge is 0.222 e. The molecular weight excluding hydrogens is 236 g/mol. The van der Waals surface area contributed by atoms with Gasteiger partial charge in [0.25, 0.3) is 0 Å². The van der Waals surface area contributed by atoms with Gasteiger partial charge >= 0.3 is 0 Å². The van der Waals surface area contributed by atoms with Crippen molar-refractivity contribution in [3.8, 4) is 0 Å². The fourth-order valence-corrected chi connectivity index (χ4v) is 2.64. The third-order valence-corrected chi connectivity index (χ3v) is 3.49. The van der Waals surface area contributed by atoms with Gasteiger partial charge in [0, 0.05) is 24.0 Å². The van der Waals surface area contributed by atoms with E-state index in [0.717, 1.165) is 30.9 Å². The highest BCUT2D eigenvalue weighted by molar-refractivity contribution is 5.65. The predicted molar refractivity (Wildman–Crippen MR) is 77.6 cm³/mol. The van der Waals surface area contributed by atoms with Crippen LogP contribution in [-0.2, 0) is 6.42 Å². The van der Waals surface area contributed by atoms with Crippen molar-refractivity contribution in [2.45, 2.75) is 26.2 Å². The van der Waals surface area contributed by atoms with Gasteiger partial charge in [-0.3, -0.25) is 0 Å². The number of rotatable bonds is 1. The van der Waals surface area contributed by atoms with Crippen molar-refractivity contribution in [1.29, 1.82) is 0 Å². The van der Waals surface area contributed by atoms with Crippen LogP contribution in [0.2, 0.25) is 0 Å². The second kappa shape index (κ2) is 4.88. The Morgan fingerprint density at radius 2 is 2.00 bits per heavy atom. The van der Waals surface area contributed by atoms with E-state index in [1.807, 2.05) is 13.0 Å². The van der Waals surface area contributed by atoms with E-state index in [1.165, 1.54) is 17.7 Å². The van der Waals surface area contributed by atoms with E-state index < -0.39 is 0 Å². The lowest BCUT2D eigenvalue weighted by Crippen LogP contribution is -2.20. The molecule has 0 amide bonds. The summed E-state index contributed by atoms with van der Waals surface area (Å²) in [7, 11) is 0. The number of hydrogen-bond donors (Lipinski definition) is 1. The third kappa shape index (κ3) is 2.38. The summed E-state index contributed by atoms with van der Waals surface area (Å²) in [4.78, 5) is 10.8. The van der Waals surface area contributed by atoms with Crippen LogP contribution in [0.5, 0.6) is 0 Å². The maximum absolute atomic E-state index is 5.78. The second-order valence-corrected chi connectivity index (χ2v) is 4.96. The molecule has 2 N–H and O–H groups in total. The Bertz CT molecular complexity index is 574. The molecule has 0 saturated carbocycles. The van der Waals surface area contributed by atoms with E-state index in [1.54, 1.807) is 0 Å². The Kier molecular flexibility index (Phi) is 3.07. The lowest BCUT2D eigenvalue weighted by atomic mass is 10.1.